The average molecular weight is 327 g/mol. The van der Waals surface area contributed by atoms with Crippen molar-refractivity contribution in [3.63, 3.8) is 0 Å². The van der Waals surface area contributed by atoms with E-state index in [1.807, 2.05) is 13.8 Å². The highest BCUT2D eigenvalue weighted by Gasteiger charge is 2.26. The summed E-state index contributed by atoms with van der Waals surface area (Å²) >= 11 is 0. The highest BCUT2D eigenvalue weighted by atomic mass is 32.2. The molecule has 2 heterocycles. The molecule has 0 saturated heterocycles. The van der Waals surface area contributed by atoms with Crippen LogP contribution in [0.5, 0.6) is 0 Å². The molecule has 0 atom stereocenters. The van der Waals surface area contributed by atoms with E-state index in [9.17, 15) is 13.2 Å². The average Bonchev–Trinajstić information content (AvgIpc) is 3.06. The van der Waals surface area contributed by atoms with Crippen LogP contribution in [0.2, 0.25) is 0 Å². The van der Waals surface area contributed by atoms with Crippen LogP contribution in [-0.2, 0) is 14.8 Å². The molecule has 0 radical (unpaired) electrons. The Balaban J connectivity index is 2.27. The maximum absolute atomic E-state index is 12.3. The number of hydrogen-bond acceptors (Lipinski definition) is 6. The van der Waals surface area contributed by atoms with Gasteiger partial charge in [-0.15, -0.1) is 0 Å². The second kappa shape index (κ2) is 6.18. The van der Waals surface area contributed by atoms with Crippen molar-refractivity contribution in [2.24, 2.45) is 0 Å². The van der Waals surface area contributed by atoms with Gasteiger partial charge in [0.25, 0.3) is 10.0 Å². The number of nitrogens with zero attached hydrogens (tertiary/aromatic N) is 2. The Hall–Kier alpha value is -2.36. The third kappa shape index (κ3) is 3.27. The number of H-pyrrole nitrogens is 2. The number of nitrogens with one attached hydrogen (secondary N) is 3. The largest absolute Gasteiger partial charge is 0.462 e. The summed E-state index contributed by atoms with van der Waals surface area (Å²) < 4.78 is 31.7. The van der Waals surface area contributed by atoms with Crippen LogP contribution in [0.15, 0.2) is 17.3 Å². The number of ether oxygens (including phenoxy) is 1. The minimum Gasteiger partial charge on any atom is -0.462 e. The van der Waals surface area contributed by atoms with Gasteiger partial charge in [0.2, 0.25) is 0 Å². The molecule has 120 valence electrons. The number of aromatic amines is 2. The Morgan fingerprint density at radius 2 is 2.14 bits per heavy atom. The lowest BCUT2D eigenvalue weighted by molar-refractivity contribution is 0.0522. The highest BCUT2D eigenvalue weighted by molar-refractivity contribution is 7.92. The number of aromatic nitrogens is 4. The van der Waals surface area contributed by atoms with E-state index in [1.165, 1.54) is 0 Å². The summed E-state index contributed by atoms with van der Waals surface area (Å²) in [4.78, 5) is 11.7. The fourth-order valence-corrected chi connectivity index (χ4v) is 2.79. The minimum atomic E-state index is -4.03. The molecule has 0 bridgehead atoms. The van der Waals surface area contributed by atoms with Crippen molar-refractivity contribution in [1.29, 1.82) is 0 Å². The molecule has 0 spiro atoms. The van der Waals surface area contributed by atoms with E-state index in [0.717, 1.165) is 11.9 Å². The molecular weight excluding hydrogens is 310 g/mol. The lowest BCUT2D eigenvalue weighted by Gasteiger charge is -2.05. The van der Waals surface area contributed by atoms with Gasteiger partial charge < -0.3 is 4.74 Å². The first kappa shape index (κ1) is 16.0. The van der Waals surface area contributed by atoms with Crippen molar-refractivity contribution in [2.45, 2.75) is 31.7 Å². The second-order valence-corrected chi connectivity index (χ2v) is 6.42. The van der Waals surface area contributed by atoms with Gasteiger partial charge in [-0.05, 0) is 12.8 Å². The lowest BCUT2D eigenvalue weighted by atomic mass is 10.1. The van der Waals surface area contributed by atoms with Crippen LogP contribution in [0.3, 0.4) is 0 Å². The van der Waals surface area contributed by atoms with Crippen molar-refractivity contribution in [3.8, 4) is 0 Å². The van der Waals surface area contributed by atoms with E-state index >= 15 is 0 Å². The topological polar surface area (TPSA) is 130 Å². The van der Waals surface area contributed by atoms with Gasteiger partial charge >= 0.3 is 5.97 Å². The highest BCUT2D eigenvalue weighted by Crippen LogP contribution is 2.19. The number of esters is 1. The summed E-state index contributed by atoms with van der Waals surface area (Å²) in [7, 11) is -4.03. The van der Waals surface area contributed by atoms with Crippen LogP contribution in [0.1, 0.15) is 42.7 Å². The third-order valence-corrected chi connectivity index (χ3v) is 4.15. The standard InChI is InChI=1S/C12H17N5O4S/c1-4-21-12(18)8-6-13-16-11(8)22(19,20)17-10-5-9(7(2)3)14-15-10/h5-7H,4H2,1-3H3,(H,13,16)(H2,14,15,17). The second-order valence-electron chi connectivity index (χ2n) is 4.80. The number of sulfonamides is 1. The van der Waals surface area contributed by atoms with Crippen LogP contribution in [0.25, 0.3) is 0 Å². The molecule has 22 heavy (non-hydrogen) atoms. The third-order valence-electron chi connectivity index (χ3n) is 2.83. The zero-order valence-electron chi connectivity index (χ0n) is 12.4. The smallest absolute Gasteiger partial charge is 0.342 e. The van der Waals surface area contributed by atoms with Crippen LogP contribution >= 0.6 is 0 Å². The maximum Gasteiger partial charge on any atom is 0.342 e. The zero-order chi connectivity index (χ0) is 16.3. The molecule has 10 heteroatoms. The molecule has 3 N–H and O–H groups in total. The van der Waals surface area contributed by atoms with E-state index in [4.69, 9.17) is 4.74 Å². The van der Waals surface area contributed by atoms with Gasteiger partial charge in [-0.2, -0.15) is 18.6 Å². The predicted octanol–water partition coefficient (Wildman–Crippen LogP) is 1.23. The Morgan fingerprint density at radius 3 is 2.73 bits per heavy atom. The van der Waals surface area contributed by atoms with Gasteiger partial charge in [0, 0.05) is 11.8 Å². The van der Waals surface area contributed by atoms with Gasteiger partial charge in [-0.1, -0.05) is 13.8 Å². The van der Waals surface area contributed by atoms with E-state index in [0.29, 0.717) is 0 Å². The Morgan fingerprint density at radius 1 is 1.41 bits per heavy atom. The molecule has 2 aromatic rings. The first-order valence-corrected chi connectivity index (χ1v) is 8.12. The molecule has 0 aliphatic heterocycles. The minimum absolute atomic E-state index is 0.133. The van der Waals surface area contributed by atoms with Gasteiger partial charge in [0.15, 0.2) is 10.8 Å². The lowest BCUT2D eigenvalue weighted by Crippen LogP contribution is -2.18. The zero-order valence-corrected chi connectivity index (χ0v) is 13.2. The first-order valence-electron chi connectivity index (χ1n) is 6.63. The number of carbonyl (C=O) groups excluding carboxylic acids is 1. The Labute approximate surface area is 127 Å². The molecule has 0 fully saturated rings. The van der Waals surface area contributed by atoms with Crippen molar-refractivity contribution in [2.75, 3.05) is 11.3 Å². The monoisotopic (exact) mass is 327 g/mol. The van der Waals surface area contributed by atoms with Gasteiger partial charge in [-0.25, -0.2) is 4.79 Å². The summed E-state index contributed by atoms with van der Waals surface area (Å²) in [5.41, 5.74) is 0.627. The van der Waals surface area contributed by atoms with Gasteiger partial charge in [-0.3, -0.25) is 14.9 Å². The fraction of sp³-hybridized carbons (Fsp3) is 0.417. The summed E-state index contributed by atoms with van der Waals surface area (Å²) in [5.74, 6) is -0.456. The maximum atomic E-state index is 12.3. The van der Waals surface area contributed by atoms with E-state index < -0.39 is 16.0 Å². The quantitative estimate of drug-likeness (QED) is 0.684. The van der Waals surface area contributed by atoms with Crippen molar-refractivity contribution in [3.05, 3.63) is 23.5 Å². The Kier molecular flexibility index (Phi) is 4.50. The van der Waals surface area contributed by atoms with Crippen molar-refractivity contribution in [1.82, 2.24) is 20.4 Å². The molecular formula is C12H17N5O4S. The molecule has 0 saturated carbocycles. The predicted molar refractivity (Wildman–Crippen MR) is 78.0 cm³/mol. The fourth-order valence-electron chi connectivity index (χ4n) is 1.71. The number of carbonyl (C=O) groups is 1. The number of hydrogen-bond donors (Lipinski definition) is 3. The van der Waals surface area contributed by atoms with E-state index in [2.05, 4.69) is 25.1 Å². The SMILES string of the molecule is CCOC(=O)c1cn[nH]c1S(=O)(=O)Nc1cc(C(C)C)[nH]n1. The molecule has 0 aliphatic rings. The van der Waals surface area contributed by atoms with E-state index in [1.54, 1.807) is 13.0 Å². The van der Waals surface area contributed by atoms with Gasteiger partial charge in [0.1, 0.15) is 5.56 Å². The number of rotatable bonds is 6. The molecule has 2 rings (SSSR count). The van der Waals surface area contributed by atoms with Crippen LogP contribution < -0.4 is 4.72 Å². The molecule has 2 aromatic heterocycles. The summed E-state index contributed by atoms with van der Waals surface area (Å²) in [6.07, 6.45) is 1.11. The summed E-state index contributed by atoms with van der Waals surface area (Å²) in [5, 5.41) is 12.1. The van der Waals surface area contributed by atoms with Crippen LogP contribution in [-0.4, -0.2) is 41.4 Å². The molecule has 0 unspecified atom stereocenters. The number of anilines is 1. The van der Waals surface area contributed by atoms with Gasteiger partial charge in [0.05, 0.1) is 12.8 Å². The molecule has 0 amide bonds. The molecule has 0 aliphatic carbocycles. The van der Waals surface area contributed by atoms with Crippen molar-refractivity contribution >= 4 is 21.8 Å². The first-order chi connectivity index (χ1) is 10.3. The van der Waals surface area contributed by atoms with Crippen molar-refractivity contribution < 1.29 is 17.9 Å². The van der Waals surface area contributed by atoms with Crippen LogP contribution in [0, 0.1) is 0 Å². The molecule has 0 aromatic carbocycles. The Bertz CT molecular complexity index is 762. The van der Waals surface area contributed by atoms with Crippen LogP contribution in [0.4, 0.5) is 5.82 Å². The molecule has 9 nitrogen and oxygen atoms in total. The van der Waals surface area contributed by atoms with E-state index in [-0.39, 0.29) is 28.9 Å². The summed E-state index contributed by atoms with van der Waals surface area (Å²) in [6.45, 7) is 5.65. The normalized spacial score (nSPS) is 11.6. The summed E-state index contributed by atoms with van der Waals surface area (Å²) in [6, 6.07) is 1.59.